The number of hydrogen-bond donors (Lipinski definition) is 0. The Morgan fingerprint density at radius 1 is 1.36 bits per heavy atom. The number of carbonyl (C=O) groups excluding carboxylic acids is 1. The van der Waals surface area contributed by atoms with E-state index in [1.807, 2.05) is 20.8 Å². The molecule has 0 atom stereocenters. The van der Waals surface area contributed by atoms with E-state index in [9.17, 15) is 4.79 Å². The third-order valence-electron chi connectivity index (χ3n) is 1.07. The lowest BCUT2D eigenvalue weighted by Crippen LogP contribution is -2.18. The predicted octanol–water partition coefficient (Wildman–Crippen LogP) is 1.47. The fraction of sp³-hybridized carbons (Fsp3) is 0.667. The van der Waals surface area contributed by atoms with Crippen LogP contribution >= 0.6 is 0 Å². The molecule has 0 aromatic rings. The summed E-state index contributed by atoms with van der Waals surface area (Å²) in [5.74, 6) is 2.93. The minimum absolute atomic E-state index is 0.0262. The van der Waals surface area contributed by atoms with E-state index in [4.69, 9.17) is 0 Å². The second-order valence-corrected chi connectivity index (χ2v) is 3.56. The van der Waals surface area contributed by atoms with Gasteiger partial charge in [-0.05, 0) is 20.8 Å². The largest absolute Gasteiger partial charge is 0.275 e. The zero-order valence-corrected chi connectivity index (χ0v) is 7.86. The van der Waals surface area contributed by atoms with Crippen LogP contribution in [-0.4, -0.2) is 17.9 Å². The van der Waals surface area contributed by atoms with Crippen LogP contribution in [-0.2, 0) is 4.79 Å². The molecule has 0 rings (SSSR count). The topological polar surface area (TPSA) is 20.3 Å². The monoisotopic (exact) mass is 153 g/mol. The normalized spacial score (nSPS) is 9.91. The molecule has 0 fully saturated rings. The van der Waals surface area contributed by atoms with Gasteiger partial charge in [0.1, 0.15) is 0 Å². The lowest BCUT2D eigenvalue weighted by Gasteiger charge is -2.09. The van der Waals surface area contributed by atoms with Crippen molar-refractivity contribution in [2.75, 3.05) is 7.05 Å². The quantitative estimate of drug-likeness (QED) is 0.381. The molecule has 11 heavy (non-hydrogen) atoms. The van der Waals surface area contributed by atoms with E-state index in [0.29, 0.717) is 0 Å². The first-order valence-electron chi connectivity index (χ1n) is 3.60. The van der Waals surface area contributed by atoms with Crippen molar-refractivity contribution in [2.45, 2.75) is 27.7 Å². The van der Waals surface area contributed by atoms with Gasteiger partial charge < -0.3 is 0 Å². The van der Waals surface area contributed by atoms with Crippen LogP contribution in [0.15, 0.2) is 0 Å². The Morgan fingerprint density at radius 2 is 1.82 bits per heavy atom. The van der Waals surface area contributed by atoms with Gasteiger partial charge in [-0.2, -0.15) is 0 Å². The molecule has 0 aromatic heterocycles. The SMILES string of the molecule is CC(=O)N(C)C#CC(C)(C)C. The minimum atomic E-state index is -0.0380. The molecule has 0 radical (unpaired) electrons. The molecule has 0 heterocycles. The number of rotatable bonds is 0. The highest BCUT2D eigenvalue weighted by atomic mass is 16.2. The van der Waals surface area contributed by atoms with Gasteiger partial charge in [-0.15, -0.1) is 0 Å². The molecule has 0 aliphatic carbocycles. The average Bonchev–Trinajstić information content (AvgIpc) is 1.80. The Morgan fingerprint density at radius 3 is 2.09 bits per heavy atom. The highest BCUT2D eigenvalue weighted by Gasteiger charge is 2.04. The van der Waals surface area contributed by atoms with Crippen molar-refractivity contribution < 1.29 is 4.79 Å². The fourth-order valence-electron chi connectivity index (χ4n) is 0.330. The van der Waals surface area contributed by atoms with Crippen LogP contribution in [0.1, 0.15) is 27.7 Å². The summed E-state index contributed by atoms with van der Waals surface area (Å²) >= 11 is 0. The van der Waals surface area contributed by atoms with E-state index in [2.05, 4.69) is 12.0 Å². The molecule has 0 saturated carbocycles. The van der Waals surface area contributed by atoms with Gasteiger partial charge in [-0.25, -0.2) is 0 Å². The summed E-state index contributed by atoms with van der Waals surface area (Å²) in [5, 5.41) is 0. The molecule has 0 aliphatic rings. The van der Waals surface area contributed by atoms with E-state index in [-0.39, 0.29) is 11.3 Å². The van der Waals surface area contributed by atoms with Gasteiger partial charge in [-0.3, -0.25) is 9.69 Å². The highest BCUT2D eigenvalue weighted by molar-refractivity contribution is 5.74. The lowest BCUT2D eigenvalue weighted by atomic mass is 9.99. The van der Waals surface area contributed by atoms with Gasteiger partial charge in [0.05, 0.1) is 0 Å². The maximum Gasteiger partial charge on any atom is 0.230 e. The standard InChI is InChI=1S/C9H15NO/c1-8(11)10(5)7-6-9(2,3)4/h1-5H3. The summed E-state index contributed by atoms with van der Waals surface area (Å²) in [6.07, 6.45) is 0. The molecule has 0 N–H and O–H groups in total. The van der Waals surface area contributed by atoms with Crippen LogP contribution in [0.2, 0.25) is 0 Å². The molecule has 2 nitrogen and oxygen atoms in total. The van der Waals surface area contributed by atoms with Gasteiger partial charge in [0, 0.05) is 25.4 Å². The molecule has 0 bridgehead atoms. The van der Waals surface area contributed by atoms with E-state index >= 15 is 0 Å². The van der Waals surface area contributed by atoms with Gasteiger partial charge in [0.25, 0.3) is 0 Å². The van der Waals surface area contributed by atoms with Crippen molar-refractivity contribution in [2.24, 2.45) is 5.41 Å². The van der Waals surface area contributed by atoms with Gasteiger partial charge >= 0.3 is 0 Å². The van der Waals surface area contributed by atoms with Gasteiger partial charge in [0.15, 0.2) is 0 Å². The predicted molar refractivity (Wildman–Crippen MR) is 45.7 cm³/mol. The molecule has 0 aromatic carbocycles. The second-order valence-electron chi connectivity index (χ2n) is 3.56. The summed E-state index contributed by atoms with van der Waals surface area (Å²) in [4.78, 5) is 12.1. The molecule has 0 unspecified atom stereocenters. The summed E-state index contributed by atoms with van der Waals surface area (Å²) < 4.78 is 0. The molecule has 62 valence electrons. The van der Waals surface area contributed by atoms with Crippen LogP contribution in [0.4, 0.5) is 0 Å². The van der Waals surface area contributed by atoms with Crippen molar-refractivity contribution in [3.8, 4) is 12.0 Å². The number of hydrogen-bond acceptors (Lipinski definition) is 1. The van der Waals surface area contributed by atoms with Crippen LogP contribution in [0, 0.1) is 17.4 Å². The fourth-order valence-corrected chi connectivity index (χ4v) is 0.330. The smallest absolute Gasteiger partial charge is 0.230 e. The first-order chi connectivity index (χ1) is 4.83. The summed E-state index contributed by atoms with van der Waals surface area (Å²) in [6.45, 7) is 7.52. The third-order valence-corrected chi connectivity index (χ3v) is 1.07. The molecule has 2 heteroatoms. The third kappa shape index (κ3) is 5.47. The Bertz CT molecular complexity index is 202. The molecule has 0 saturated heterocycles. The van der Waals surface area contributed by atoms with Crippen LogP contribution in [0.25, 0.3) is 0 Å². The minimum Gasteiger partial charge on any atom is -0.275 e. The highest BCUT2D eigenvalue weighted by Crippen LogP contribution is 2.09. The molecule has 1 amide bonds. The Hall–Kier alpha value is -0.970. The molecule has 0 aliphatic heterocycles. The van der Waals surface area contributed by atoms with Crippen molar-refractivity contribution in [1.29, 1.82) is 0 Å². The van der Waals surface area contributed by atoms with Gasteiger partial charge in [-0.1, -0.05) is 5.92 Å². The Labute approximate surface area is 68.6 Å². The summed E-state index contributed by atoms with van der Waals surface area (Å²) in [5.41, 5.74) is -0.0380. The van der Waals surface area contributed by atoms with Crippen molar-refractivity contribution in [1.82, 2.24) is 4.90 Å². The van der Waals surface area contributed by atoms with Crippen molar-refractivity contribution in [3.05, 3.63) is 0 Å². The first-order valence-corrected chi connectivity index (χ1v) is 3.60. The van der Waals surface area contributed by atoms with Crippen LogP contribution < -0.4 is 0 Å². The van der Waals surface area contributed by atoms with Crippen LogP contribution in [0.5, 0.6) is 0 Å². The summed E-state index contributed by atoms with van der Waals surface area (Å²) in [6, 6.07) is 2.76. The number of amides is 1. The second kappa shape index (κ2) is 3.43. The molecular weight excluding hydrogens is 138 g/mol. The van der Waals surface area contributed by atoms with Crippen molar-refractivity contribution in [3.63, 3.8) is 0 Å². The lowest BCUT2D eigenvalue weighted by molar-refractivity contribution is -0.124. The molecule has 0 spiro atoms. The average molecular weight is 153 g/mol. The van der Waals surface area contributed by atoms with E-state index in [1.54, 1.807) is 7.05 Å². The van der Waals surface area contributed by atoms with E-state index < -0.39 is 0 Å². The van der Waals surface area contributed by atoms with E-state index in [0.717, 1.165) is 0 Å². The number of carbonyl (C=O) groups is 1. The Kier molecular flexibility index (Phi) is 3.13. The van der Waals surface area contributed by atoms with Crippen LogP contribution in [0.3, 0.4) is 0 Å². The molecular formula is C9H15NO. The maximum atomic E-state index is 10.7. The zero-order valence-electron chi connectivity index (χ0n) is 7.86. The summed E-state index contributed by atoms with van der Waals surface area (Å²) in [7, 11) is 1.67. The van der Waals surface area contributed by atoms with Gasteiger partial charge in [0.2, 0.25) is 5.91 Å². The number of nitrogens with zero attached hydrogens (tertiary/aromatic N) is 1. The zero-order chi connectivity index (χ0) is 9.07. The first kappa shape index (κ1) is 10.0. The van der Waals surface area contributed by atoms with E-state index in [1.165, 1.54) is 11.8 Å². The van der Waals surface area contributed by atoms with Crippen molar-refractivity contribution >= 4 is 5.91 Å². The maximum absolute atomic E-state index is 10.7. The Balaban J connectivity index is 4.19.